The number of anilines is 2. The normalized spacial score (nSPS) is 10.8. The van der Waals surface area contributed by atoms with Gasteiger partial charge in [-0.1, -0.05) is 0 Å². The summed E-state index contributed by atoms with van der Waals surface area (Å²) in [5.41, 5.74) is 0.103. The minimum Gasteiger partial charge on any atom is -0.461 e. The lowest BCUT2D eigenvalue weighted by molar-refractivity contribution is 0.222. The van der Waals surface area contributed by atoms with E-state index >= 15 is 0 Å². The van der Waals surface area contributed by atoms with E-state index in [0.29, 0.717) is 0 Å². The maximum atomic E-state index is 13.8. The number of aryl methyl sites for hydroxylation is 1. The molecule has 0 aliphatic heterocycles. The molecule has 0 radical (unpaired) electrons. The highest BCUT2D eigenvalue weighted by Crippen LogP contribution is 2.22. The van der Waals surface area contributed by atoms with Crippen molar-refractivity contribution in [2.45, 2.75) is 26.9 Å². The van der Waals surface area contributed by atoms with Crippen molar-refractivity contribution in [3.05, 3.63) is 34.6 Å². The smallest absolute Gasteiger partial charge is 0.322 e. The Hall–Kier alpha value is -2.02. The molecule has 0 aliphatic rings. The average molecular weight is 315 g/mol. The lowest BCUT2D eigenvalue weighted by Gasteiger charge is -2.10. The number of hydrogen-bond acceptors (Lipinski definition) is 5. The number of halogens is 3. The Morgan fingerprint density at radius 2 is 1.86 bits per heavy atom. The third-order valence-corrected chi connectivity index (χ3v) is 2.59. The number of benzene rings is 1. The Kier molecular flexibility index (Phi) is 4.52. The largest absolute Gasteiger partial charge is 0.461 e. The Balaban J connectivity index is 2.31. The summed E-state index contributed by atoms with van der Waals surface area (Å²) >= 11 is 5.75. The molecule has 0 saturated heterocycles. The minimum absolute atomic E-state index is 0.000455. The summed E-state index contributed by atoms with van der Waals surface area (Å²) in [6, 6.07) is 2.10. The predicted octanol–water partition coefficient (Wildman–Crippen LogP) is 3.64. The second-order valence-corrected chi connectivity index (χ2v) is 4.92. The van der Waals surface area contributed by atoms with Gasteiger partial charge in [-0.3, -0.25) is 0 Å². The molecule has 0 atom stereocenters. The van der Waals surface area contributed by atoms with Crippen LogP contribution in [-0.4, -0.2) is 21.1 Å². The summed E-state index contributed by atoms with van der Waals surface area (Å²) in [6.07, 6.45) is -0.162. The van der Waals surface area contributed by atoms with Crippen molar-refractivity contribution >= 4 is 23.2 Å². The zero-order chi connectivity index (χ0) is 15.6. The molecule has 1 aromatic heterocycles. The maximum absolute atomic E-state index is 13.8. The molecule has 112 valence electrons. The fourth-order valence-electron chi connectivity index (χ4n) is 1.51. The molecule has 0 unspecified atom stereocenters. The highest BCUT2D eigenvalue weighted by atomic mass is 35.5. The van der Waals surface area contributed by atoms with E-state index in [1.54, 1.807) is 13.8 Å². The fourth-order valence-corrected chi connectivity index (χ4v) is 1.67. The number of nitrogens with one attached hydrogen (secondary N) is 1. The molecule has 8 heteroatoms. The summed E-state index contributed by atoms with van der Waals surface area (Å²) in [4.78, 5) is 11.5. The molecule has 1 N–H and O–H groups in total. The predicted molar refractivity (Wildman–Crippen MR) is 75.0 cm³/mol. The molecular formula is C13H13ClF2N4O. The lowest BCUT2D eigenvalue weighted by atomic mass is 10.2. The number of nitrogens with zero attached hydrogens (tertiary/aromatic N) is 3. The van der Waals surface area contributed by atoms with Gasteiger partial charge in [0.25, 0.3) is 0 Å². The van der Waals surface area contributed by atoms with Gasteiger partial charge >= 0.3 is 6.01 Å². The number of ether oxygens (including phenoxy) is 1. The van der Waals surface area contributed by atoms with Crippen LogP contribution in [0.2, 0.25) is 5.28 Å². The van der Waals surface area contributed by atoms with Crippen LogP contribution in [0.3, 0.4) is 0 Å². The number of aromatic nitrogens is 3. The number of hydrogen-bond donors (Lipinski definition) is 1. The van der Waals surface area contributed by atoms with E-state index in [1.807, 2.05) is 0 Å². The molecule has 1 heterocycles. The molecule has 0 spiro atoms. The van der Waals surface area contributed by atoms with E-state index < -0.39 is 11.6 Å². The number of rotatable bonds is 4. The van der Waals surface area contributed by atoms with Crippen molar-refractivity contribution in [1.82, 2.24) is 15.0 Å². The molecule has 21 heavy (non-hydrogen) atoms. The summed E-state index contributed by atoms with van der Waals surface area (Å²) in [5, 5.41) is 2.44. The van der Waals surface area contributed by atoms with Crippen LogP contribution < -0.4 is 10.1 Å². The first-order valence-corrected chi connectivity index (χ1v) is 6.54. The van der Waals surface area contributed by atoms with Gasteiger partial charge in [0.05, 0.1) is 11.8 Å². The Bertz CT molecular complexity index is 667. The maximum Gasteiger partial charge on any atom is 0.322 e. The fraction of sp³-hybridized carbons (Fsp3) is 0.308. The zero-order valence-corrected chi connectivity index (χ0v) is 12.4. The molecule has 2 rings (SSSR count). The second-order valence-electron chi connectivity index (χ2n) is 4.58. The summed E-state index contributed by atoms with van der Waals surface area (Å²) in [7, 11) is 0. The van der Waals surface area contributed by atoms with Gasteiger partial charge in [0.1, 0.15) is 11.6 Å². The second kappa shape index (κ2) is 6.17. The topological polar surface area (TPSA) is 59.9 Å². The highest BCUT2D eigenvalue weighted by molar-refractivity contribution is 6.28. The molecule has 0 saturated carbocycles. The van der Waals surface area contributed by atoms with Gasteiger partial charge in [-0.2, -0.15) is 15.0 Å². The summed E-state index contributed by atoms with van der Waals surface area (Å²) in [5.74, 6) is -1.21. The van der Waals surface area contributed by atoms with Crippen molar-refractivity contribution in [2.75, 3.05) is 5.32 Å². The van der Waals surface area contributed by atoms with Gasteiger partial charge in [-0.25, -0.2) is 8.78 Å². The Morgan fingerprint density at radius 3 is 2.52 bits per heavy atom. The highest BCUT2D eigenvalue weighted by Gasteiger charge is 2.12. The van der Waals surface area contributed by atoms with E-state index in [4.69, 9.17) is 16.3 Å². The SMILES string of the molecule is Cc1cc(F)c(Nc2nc(Cl)nc(OC(C)C)n2)cc1F. The van der Waals surface area contributed by atoms with Crippen LogP contribution in [0.25, 0.3) is 0 Å². The molecule has 0 bridgehead atoms. The first-order valence-electron chi connectivity index (χ1n) is 6.16. The van der Waals surface area contributed by atoms with Crippen LogP contribution >= 0.6 is 11.6 Å². The van der Waals surface area contributed by atoms with E-state index in [1.165, 1.54) is 6.92 Å². The summed E-state index contributed by atoms with van der Waals surface area (Å²) in [6.45, 7) is 5.05. The summed E-state index contributed by atoms with van der Waals surface area (Å²) < 4.78 is 32.5. The van der Waals surface area contributed by atoms with Crippen LogP contribution in [0.4, 0.5) is 20.4 Å². The van der Waals surface area contributed by atoms with Crippen LogP contribution in [0, 0.1) is 18.6 Å². The van der Waals surface area contributed by atoms with Crippen molar-refractivity contribution in [3.8, 4) is 6.01 Å². The third kappa shape index (κ3) is 3.98. The van der Waals surface area contributed by atoms with E-state index in [2.05, 4.69) is 20.3 Å². The molecule has 0 fully saturated rings. The quantitative estimate of drug-likeness (QED) is 0.933. The van der Waals surface area contributed by atoms with E-state index in [9.17, 15) is 8.78 Å². The molecular weight excluding hydrogens is 302 g/mol. The van der Waals surface area contributed by atoms with Gasteiger partial charge in [0.2, 0.25) is 11.2 Å². The molecule has 0 aliphatic carbocycles. The van der Waals surface area contributed by atoms with Crippen molar-refractivity contribution in [3.63, 3.8) is 0 Å². The first kappa shape index (κ1) is 15.4. The van der Waals surface area contributed by atoms with Crippen LogP contribution in [0.5, 0.6) is 6.01 Å². The first-order chi connectivity index (χ1) is 9.85. The molecule has 5 nitrogen and oxygen atoms in total. The van der Waals surface area contributed by atoms with Crippen LogP contribution in [-0.2, 0) is 0 Å². The Morgan fingerprint density at radius 1 is 1.14 bits per heavy atom. The lowest BCUT2D eigenvalue weighted by Crippen LogP contribution is -2.10. The van der Waals surface area contributed by atoms with Gasteiger partial charge in [-0.15, -0.1) is 0 Å². The van der Waals surface area contributed by atoms with Gasteiger partial charge < -0.3 is 10.1 Å². The molecule has 0 amide bonds. The van der Waals surface area contributed by atoms with Crippen LogP contribution in [0.1, 0.15) is 19.4 Å². The van der Waals surface area contributed by atoms with Gasteiger partial charge in [-0.05, 0) is 44.0 Å². The minimum atomic E-state index is -0.628. The van der Waals surface area contributed by atoms with Crippen molar-refractivity contribution in [2.24, 2.45) is 0 Å². The van der Waals surface area contributed by atoms with Crippen molar-refractivity contribution in [1.29, 1.82) is 0 Å². The third-order valence-electron chi connectivity index (χ3n) is 2.42. The van der Waals surface area contributed by atoms with Gasteiger partial charge in [0, 0.05) is 6.07 Å². The van der Waals surface area contributed by atoms with Gasteiger partial charge in [0.15, 0.2) is 0 Å². The monoisotopic (exact) mass is 314 g/mol. The average Bonchev–Trinajstić information content (AvgIpc) is 2.34. The van der Waals surface area contributed by atoms with Crippen LogP contribution in [0.15, 0.2) is 12.1 Å². The molecule has 2 aromatic rings. The zero-order valence-electron chi connectivity index (χ0n) is 11.6. The van der Waals surface area contributed by atoms with E-state index in [-0.39, 0.29) is 34.6 Å². The van der Waals surface area contributed by atoms with Crippen molar-refractivity contribution < 1.29 is 13.5 Å². The molecule has 1 aromatic carbocycles. The van der Waals surface area contributed by atoms with E-state index in [0.717, 1.165) is 12.1 Å². The standard InChI is InChI=1S/C13H13ClF2N4O/c1-6(2)21-13-19-11(14)18-12(20-13)17-10-5-8(15)7(3)4-9(10)16/h4-6H,1-3H3,(H,17,18,19,20). The Labute approximate surface area is 125 Å².